The number of nitrogens with zero attached hydrogens (tertiary/aromatic N) is 1. The number of aliphatic hydroxyl groups excluding tert-OH is 1. The molecule has 1 aromatic carbocycles. The molecule has 19 heavy (non-hydrogen) atoms. The van der Waals surface area contributed by atoms with Gasteiger partial charge in [0.15, 0.2) is 6.10 Å². The van der Waals surface area contributed by atoms with Crippen molar-refractivity contribution in [3.05, 3.63) is 34.4 Å². The van der Waals surface area contributed by atoms with Crippen LogP contribution in [0.5, 0.6) is 5.75 Å². The lowest BCUT2D eigenvalue weighted by Crippen LogP contribution is -2.19. The third-order valence-electron chi connectivity index (χ3n) is 2.47. The number of ether oxygens (including phenoxy) is 1. The Morgan fingerprint density at radius 2 is 1.95 bits per heavy atom. The second kappa shape index (κ2) is 7.32. The number of nitro groups is 1. The van der Waals surface area contributed by atoms with E-state index in [1.54, 1.807) is 0 Å². The summed E-state index contributed by atoms with van der Waals surface area (Å²) in [7, 11) is 0. The summed E-state index contributed by atoms with van der Waals surface area (Å²) < 4.78 is 5.33. The first-order chi connectivity index (χ1) is 9.00. The van der Waals surface area contributed by atoms with E-state index in [2.05, 4.69) is 0 Å². The summed E-state index contributed by atoms with van der Waals surface area (Å²) >= 11 is 0. The molecular weight excluding hydrogens is 254 g/mol. The Morgan fingerprint density at radius 3 is 2.47 bits per heavy atom. The largest absolute Gasteiger partial charge is 0.494 e. The average Bonchev–Trinajstić information content (AvgIpc) is 2.38. The standard InChI is InChI=1S/C12H15NO6/c14-11(12(15)16)3-1-2-8-19-10-6-4-9(5-7-10)13(17)18/h4-7,11,14H,1-3,8H2,(H,15,16). The fourth-order valence-electron chi connectivity index (χ4n) is 1.42. The monoisotopic (exact) mass is 269 g/mol. The summed E-state index contributed by atoms with van der Waals surface area (Å²) in [6, 6.07) is 5.71. The zero-order chi connectivity index (χ0) is 14.3. The van der Waals surface area contributed by atoms with E-state index in [4.69, 9.17) is 14.9 Å². The van der Waals surface area contributed by atoms with E-state index in [-0.39, 0.29) is 12.1 Å². The van der Waals surface area contributed by atoms with Crippen LogP contribution in [0.2, 0.25) is 0 Å². The molecule has 0 radical (unpaired) electrons. The first-order valence-electron chi connectivity index (χ1n) is 5.79. The van der Waals surface area contributed by atoms with E-state index in [0.717, 1.165) is 0 Å². The molecular formula is C12H15NO6. The number of rotatable bonds is 8. The van der Waals surface area contributed by atoms with Gasteiger partial charge in [0.1, 0.15) is 5.75 Å². The Morgan fingerprint density at radius 1 is 1.32 bits per heavy atom. The minimum absolute atomic E-state index is 0.00284. The summed E-state index contributed by atoms with van der Waals surface area (Å²) in [4.78, 5) is 20.3. The van der Waals surface area contributed by atoms with Crippen LogP contribution in [0.4, 0.5) is 5.69 Å². The van der Waals surface area contributed by atoms with Crippen molar-refractivity contribution in [2.24, 2.45) is 0 Å². The summed E-state index contributed by atoms with van der Waals surface area (Å²) in [6.45, 7) is 0.365. The molecule has 0 saturated heterocycles. The predicted octanol–water partition coefficient (Wildman–Crippen LogP) is 1.59. The van der Waals surface area contributed by atoms with E-state index in [1.807, 2.05) is 0 Å². The maximum absolute atomic E-state index is 10.4. The van der Waals surface area contributed by atoms with Crippen molar-refractivity contribution in [1.82, 2.24) is 0 Å². The number of benzene rings is 1. The van der Waals surface area contributed by atoms with Crippen molar-refractivity contribution in [2.45, 2.75) is 25.4 Å². The van der Waals surface area contributed by atoms with Crippen LogP contribution in [0.3, 0.4) is 0 Å². The Kier molecular flexibility index (Phi) is 5.74. The molecule has 0 aliphatic heterocycles. The molecule has 0 aromatic heterocycles. The Bertz CT molecular complexity index is 430. The van der Waals surface area contributed by atoms with Crippen LogP contribution in [-0.4, -0.2) is 33.8 Å². The molecule has 104 valence electrons. The van der Waals surface area contributed by atoms with Crippen LogP contribution in [0.15, 0.2) is 24.3 Å². The van der Waals surface area contributed by atoms with Crippen LogP contribution in [0, 0.1) is 10.1 Å². The van der Waals surface area contributed by atoms with Gasteiger partial charge in [-0.15, -0.1) is 0 Å². The normalized spacial score (nSPS) is 11.8. The number of hydrogen-bond donors (Lipinski definition) is 2. The van der Waals surface area contributed by atoms with Crippen molar-refractivity contribution in [3.63, 3.8) is 0 Å². The highest BCUT2D eigenvalue weighted by Crippen LogP contribution is 2.17. The highest BCUT2D eigenvalue weighted by molar-refractivity contribution is 5.71. The third-order valence-corrected chi connectivity index (χ3v) is 2.47. The lowest BCUT2D eigenvalue weighted by molar-refractivity contribution is -0.384. The molecule has 1 rings (SSSR count). The average molecular weight is 269 g/mol. The molecule has 7 heteroatoms. The smallest absolute Gasteiger partial charge is 0.332 e. The lowest BCUT2D eigenvalue weighted by Gasteiger charge is -2.07. The number of hydrogen-bond acceptors (Lipinski definition) is 5. The van der Waals surface area contributed by atoms with E-state index < -0.39 is 17.0 Å². The van der Waals surface area contributed by atoms with Crippen LogP contribution >= 0.6 is 0 Å². The minimum atomic E-state index is -1.33. The molecule has 1 unspecified atom stereocenters. The number of non-ortho nitro benzene ring substituents is 1. The molecule has 7 nitrogen and oxygen atoms in total. The zero-order valence-corrected chi connectivity index (χ0v) is 10.2. The molecule has 0 saturated carbocycles. The van der Waals surface area contributed by atoms with Gasteiger partial charge in [-0.2, -0.15) is 0 Å². The van der Waals surface area contributed by atoms with Crippen molar-refractivity contribution in [1.29, 1.82) is 0 Å². The fraction of sp³-hybridized carbons (Fsp3) is 0.417. The first-order valence-corrected chi connectivity index (χ1v) is 5.79. The number of carbonyl (C=O) groups is 1. The van der Waals surface area contributed by atoms with Gasteiger partial charge in [-0.25, -0.2) is 4.79 Å². The molecule has 0 heterocycles. The van der Waals surface area contributed by atoms with Crippen LogP contribution in [-0.2, 0) is 4.79 Å². The maximum Gasteiger partial charge on any atom is 0.332 e. The van der Waals surface area contributed by atoms with E-state index in [0.29, 0.717) is 25.2 Å². The number of unbranched alkanes of at least 4 members (excludes halogenated alkanes) is 1. The molecule has 1 atom stereocenters. The molecule has 0 aliphatic carbocycles. The Balaban J connectivity index is 2.22. The highest BCUT2D eigenvalue weighted by Gasteiger charge is 2.11. The number of carboxylic acid groups (broad SMARTS) is 1. The summed E-state index contributed by atoms with van der Waals surface area (Å²) in [5.74, 6) is -0.708. The molecule has 2 N–H and O–H groups in total. The number of carboxylic acids is 1. The van der Waals surface area contributed by atoms with Gasteiger partial charge in [-0.05, 0) is 31.4 Å². The van der Waals surface area contributed by atoms with Gasteiger partial charge in [0.2, 0.25) is 0 Å². The van der Waals surface area contributed by atoms with Gasteiger partial charge >= 0.3 is 5.97 Å². The maximum atomic E-state index is 10.4. The molecule has 0 fully saturated rings. The molecule has 1 aromatic rings. The molecule has 0 spiro atoms. The number of aliphatic hydroxyl groups is 1. The number of aliphatic carboxylic acids is 1. The second-order valence-electron chi connectivity index (χ2n) is 3.95. The lowest BCUT2D eigenvalue weighted by atomic mass is 10.1. The van der Waals surface area contributed by atoms with Crippen LogP contribution in [0.1, 0.15) is 19.3 Å². The van der Waals surface area contributed by atoms with Crippen LogP contribution < -0.4 is 4.74 Å². The van der Waals surface area contributed by atoms with E-state index in [1.165, 1.54) is 24.3 Å². The molecule has 0 bridgehead atoms. The van der Waals surface area contributed by atoms with Crippen molar-refractivity contribution in [2.75, 3.05) is 6.61 Å². The summed E-state index contributed by atoms with van der Waals surface area (Å²) in [6.07, 6.45) is -0.0276. The number of nitro benzene ring substituents is 1. The van der Waals surface area contributed by atoms with Crippen molar-refractivity contribution >= 4 is 11.7 Å². The van der Waals surface area contributed by atoms with E-state index in [9.17, 15) is 14.9 Å². The first kappa shape index (κ1) is 14.9. The second-order valence-corrected chi connectivity index (χ2v) is 3.95. The summed E-state index contributed by atoms with van der Waals surface area (Å²) in [5, 5.41) is 27.9. The third kappa shape index (κ3) is 5.35. The Hall–Kier alpha value is -2.15. The van der Waals surface area contributed by atoms with Gasteiger partial charge in [0.05, 0.1) is 11.5 Å². The SMILES string of the molecule is O=C(O)C(O)CCCCOc1ccc([N+](=O)[O-])cc1. The van der Waals surface area contributed by atoms with Crippen molar-refractivity contribution in [3.8, 4) is 5.75 Å². The zero-order valence-electron chi connectivity index (χ0n) is 10.2. The molecule has 0 aliphatic rings. The highest BCUT2D eigenvalue weighted by atomic mass is 16.6. The van der Waals surface area contributed by atoms with Gasteiger partial charge in [0.25, 0.3) is 5.69 Å². The van der Waals surface area contributed by atoms with Crippen LogP contribution in [0.25, 0.3) is 0 Å². The Labute approximate surface area is 109 Å². The minimum Gasteiger partial charge on any atom is -0.494 e. The van der Waals surface area contributed by atoms with Gasteiger partial charge in [-0.1, -0.05) is 0 Å². The quantitative estimate of drug-likeness (QED) is 0.421. The van der Waals surface area contributed by atoms with Gasteiger partial charge < -0.3 is 14.9 Å². The van der Waals surface area contributed by atoms with Gasteiger partial charge in [-0.3, -0.25) is 10.1 Å². The fourth-order valence-corrected chi connectivity index (χ4v) is 1.42. The summed E-state index contributed by atoms with van der Waals surface area (Å²) in [5.41, 5.74) is -0.00284. The molecule has 0 amide bonds. The van der Waals surface area contributed by atoms with Gasteiger partial charge in [0, 0.05) is 12.1 Å². The van der Waals surface area contributed by atoms with E-state index >= 15 is 0 Å². The predicted molar refractivity (Wildman–Crippen MR) is 66.1 cm³/mol. The van der Waals surface area contributed by atoms with Crippen molar-refractivity contribution < 1.29 is 24.7 Å². The topological polar surface area (TPSA) is 110 Å².